The largest absolute Gasteiger partial charge is 0.444 e. The van der Waals surface area contributed by atoms with Crippen LogP contribution in [0.5, 0.6) is 0 Å². The minimum absolute atomic E-state index is 0.250. The van der Waals surface area contributed by atoms with Gasteiger partial charge >= 0.3 is 6.09 Å². The summed E-state index contributed by atoms with van der Waals surface area (Å²) in [6.45, 7) is 8.93. The van der Waals surface area contributed by atoms with E-state index >= 15 is 0 Å². The highest BCUT2D eigenvalue weighted by atomic mass is 16.6. The summed E-state index contributed by atoms with van der Waals surface area (Å²) in [5.74, 6) is 0. The van der Waals surface area contributed by atoms with Crippen LogP contribution in [0.1, 0.15) is 37.5 Å². The first-order chi connectivity index (χ1) is 8.78. The lowest BCUT2D eigenvalue weighted by molar-refractivity contribution is 0.0223. The van der Waals surface area contributed by atoms with Gasteiger partial charge in [0.15, 0.2) is 0 Å². The first kappa shape index (κ1) is 14.0. The topological polar surface area (TPSA) is 29.5 Å². The van der Waals surface area contributed by atoms with Crippen LogP contribution >= 0.6 is 0 Å². The molecule has 0 atom stereocenters. The van der Waals surface area contributed by atoms with Crippen LogP contribution in [-0.4, -0.2) is 31.0 Å². The van der Waals surface area contributed by atoms with E-state index in [0.29, 0.717) is 13.1 Å². The second kappa shape index (κ2) is 4.91. The van der Waals surface area contributed by atoms with Gasteiger partial charge < -0.3 is 9.64 Å². The number of carbonyl (C=O) groups is 1. The molecule has 4 heteroatoms. The highest BCUT2D eigenvalue weighted by molar-refractivity contribution is 6.33. The maximum absolute atomic E-state index is 12.1. The zero-order valence-electron chi connectivity index (χ0n) is 12.1. The van der Waals surface area contributed by atoms with E-state index < -0.39 is 5.60 Å². The number of carbonyl (C=O) groups excluding carboxylic acids is 1. The minimum Gasteiger partial charge on any atom is -0.444 e. The van der Waals surface area contributed by atoms with E-state index in [1.165, 1.54) is 5.56 Å². The molecular weight excluding hydrogens is 237 g/mol. The van der Waals surface area contributed by atoms with Gasteiger partial charge in [0, 0.05) is 13.1 Å². The predicted molar refractivity (Wildman–Crippen MR) is 76.9 cm³/mol. The Labute approximate surface area is 116 Å². The molecule has 19 heavy (non-hydrogen) atoms. The third kappa shape index (κ3) is 3.11. The average molecular weight is 257 g/mol. The van der Waals surface area contributed by atoms with Crippen LogP contribution in [0.15, 0.2) is 12.1 Å². The molecule has 1 heterocycles. The van der Waals surface area contributed by atoms with E-state index in [2.05, 4.69) is 6.07 Å². The molecule has 1 aromatic rings. The summed E-state index contributed by atoms with van der Waals surface area (Å²) in [7, 11) is 5.93. The molecule has 0 saturated carbocycles. The number of rotatable bonds is 0. The molecule has 0 spiro atoms. The van der Waals surface area contributed by atoms with Gasteiger partial charge in [-0.1, -0.05) is 23.2 Å². The SMILES string of the molecule is [B]c1ccc2c(c1C)CN(C(=O)OC(C)(C)C)CC2. The molecule has 0 fully saturated rings. The fraction of sp³-hybridized carbons (Fsp3) is 0.533. The number of ether oxygens (including phenoxy) is 1. The molecule has 0 aliphatic carbocycles. The maximum atomic E-state index is 12.1. The van der Waals surface area contributed by atoms with Gasteiger partial charge in [-0.25, -0.2) is 4.79 Å². The quantitative estimate of drug-likeness (QED) is 0.666. The standard InChI is InChI=1S/C15H20BNO2/c1-10-12-9-17(14(18)19-15(2,3)4)8-7-11(12)5-6-13(10)16/h5-6H,7-9H2,1-4H3. The highest BCUT2D eigenvalue weighted by Crippen LogP contribution is 2.22. The third-order valence-corrected chi connectivity index (χ3v) is 3.39. The number of hydrogen-bond donors (Lipinski definition) is 0. The van der Waals surface area contributed by atoms with E-state index in [1.807, 2.05) is 33.8 Å². The van der Waals surface area contributed by atoms with Crippen molar-refractivity contribution in [1.82, 2.24) is 4.90 Å². The zero-order chi connectivity index (χ0) is 14.2. The van der Waals surface area contributed by atoms with E-state index in [4.69, 9.17) is 12.6 Å². The minimum atomic E-state index is -0.456. The Balaban J connectivity index is 2.18. The lowest BCUT2D eigenvalue weighted by Crippen LogP contribution is -2.40. The van der Waals surface area contributed by atoms with Crippen molar-refractivity contribution in [2.45, 2.75) is 46.3 Å². The molecule has 0 aromatic heterocycles. The molecule has 2 radical (unpaired) electrons. The molecule has 1 amide bonds. The van der Waals surface area contributed by atoms with Gasteiger partial charge in [-0.2, -0.15) is 0 Å². The van der Waals surface area contributed by atoms with Gasteiger partial charge in [-0.3, -0.25) is 0 Å². The van der Waals surface area contributed by atoms with Crippen LogP contribution in [0, 0.1) is 6.92 Å². The summed E-state index contributed by atoms with van der Waals surface area (Å²) < 4.78 is 5.42. The number of amides is 1. The Hall–Kier alpha value is -1.45. The van der Waals surface area contributed by atoms with Crippen molar-refractivity contribution >= 4 is 19.4 Å². The number of hydrogen-bond acceptors (Lipinski definition) is 2. The molecule has 2 rings (SSSR count). The smallest absolute Gasteiger partial charge is 0.410 e. The fourth-order valence-electron chi connectivity index (χ4n) is 2.29. The molecule has 0 unspecified atom stereocenters. The molecule has 0 saturated heterocycles. The van der Waals surface area contributed by atoms with E-state index in [-0.39, 0.29) is 6.09 Å². The van der Waals surface area contributed by atoms with Crippen molar-refractivity contribution in [3.8, 4) is 0 Å². The van der Waals surface area contributed by atoms with Gasteiger partial charge in [-0.15, -0.1) is 0 Å². The Bertz CT molecular complexity index is 506. The van der Waals surface area contributed by atoms with Gasteiger partial charge in [0.2, 0.25) is 0 Å². The van der Waals surface area contributed by atoms with Crippen molar-refractivity contribution in [3.63, 3.8) is 0 Å². The molecule has 100 valence electrons. The summed E-state index contributed by atoms with van der Waals surface area (Å²) in [5, 5.41) is 0. The molecule has 3 nitrogen and oxygen atoms in total. The second-order valence-corrected chi connectivity index (χ2v) is 6.07. The summed E-state index contributed by atoms with van der Waals surface area (Å²) in [6.07, 6.45) is 0.607. The normalized spacial score (nSPS) is 15.1. The van der Waals surface area contributed by atoms with E-state index in [0.717, 1.165) is 23.0 Å². The lowest BCUT2D eigenvalue weighted by atomic mass is 9.84. The average Bonchev–Trinajstić information content (AvgIpc) is 2.31. The van der Waals surface area contributed by atoms with Crippen molar-refractivity contribution < 1.29 is 9.53 Å². The van der Waals surface area contributed by atoms with Crippen LogP contribution in [0.4, 0.5) is 4.79 Å². The molecule has 1 aliphatic rings. The van der Waals surface area contributed by atoms with Gasteiger partial charge in [0.25, 0.3) is 0 Å². The number of nitrogens with zero attached hydrogens (tertiary/aromatic N) is 1. The number of fused-ring (bicyclic) bond motifs is 1. The Morgan fingerprint density at radius 1 is 1.37 bits per heavy atom. The van der Waals surface area contributed by atoms with Gasteiger partial charge in [0.1, 0.15) is 13.4 Å². The second-order valence-electron chi connectivity index (χ2n) is 6.07. The third-order valence-electron chi connectivity index (χ3n) is 3.39. The van der Waals surface area contributed by atoms with Crippen molar-refractivity contribution in [2.75, 3.05) is 6.54 Å². The fourth-order valence-corrected chi connectivity index (χ4v) is 2.29. The summed E-state index contributed by atoms with van der Waals surface area (Å²) in [6, 6.07) is 4.00. The lowest BCUT2D eigenvalue weighted by Gasteiger charge is -2.32. The van der Waals surface area contributed by atoms with Crippen molar-refractivity contribution in [3.05, 3.63) is 28.8 Å². The molecule has 1 aliphatic heterocycles. The van der Waals surface area contributed by atoms with Crippen molar-refractivity contribution in [2.24, 2.45) is 0 Å². The first-order valence-corrected chi connectivity index (χ1v) is 6.62. The molecule has 0 bridgehead atoms. The number of benzene rings is 1. The van der Waals surface area contributed by atoms with Crippen LogP contribution in [0.3, 0.4) is 0 Å². The summed E-state index contributed by atoms with van der Waals surface area (Å²) >= 11 is 0. The van der Waals surface area contributed by atoms with Crippen LogP contribution in [-0.2, 0) is 17.7 Å². The monoisotopic (exact) mass is 257 g/mol. The Morgan fingerprint density at radius 2 is 2.05 bits per heavy atom. The van der Waals surface area contributed by atoms with Crippen LogP contribution in [0.25, 0.3) is 0 Å². The summed E-state index contributed by atoms with van der Waals surface area (Å²) in [5.41, 5.74) is 3.85. The Morgan fingerprint density at radius 3 is 2.68 bits per heavy atom. The zero-order valence-corrected chi connectivity index (χ0v) is 12.1. The maximum Gasteiger partial charge on any atom is 0.410 e. The van der Waals surface area contributed by atoms with Crippen molar-refractivity contribution in [1.29, 1.82) is 0 Å². The molecule has 0 N–H and O–H groups in total. The highest BCUT2D eigenvalue weighted by Gasteiger charge is 2.26. The summed E-state index contributed by atoms with van der Waals surface area (Å²) in [4.78, 5) is 13.8. The Kier molecular flexibility index (Phi) is 3.61. The van der Waals surface area contributed by atoms with Gasteiger partial charge in [0.05, 0.1) is 0 Å². The predicted octanol–water partition coefficient (Wildman–Crippen LogP) is 2.08. The molecular formula is C15H20BNO2. The van der Waals surface area contributed by atoms with Crippen LogP contribution < -0.4 is 5.46 Å². The van der Waals surface area contributed by atoms with E-state index in [1.54, 1.807) is 4.90 Å². The van der Waals surface area contributed by atoms with Crippen LogP contribution in [0.2, 0.25) is 0 Å². The van der Waals surface area contributed by atoms with Gasteiger partial charge in [-0.05, 0) is 45.2 Å². The van der Waals surface area contributed by atoms with E-state index in [9.17, 15) is 4.79 Å². The first-order valence-electron chi connectivity index (χ1n) is 6.62. The molecule has 1 aromatic carbocycles.